The summed E-state index contributed by atoms with van der Waals surface area (Å²) in [7, 11) is 0. The normalized spacial score (nSPS) is 54.8. The first-order chi connectivity index (χ1) is 9.30. The fourth-order valence-corrected chi connectivity index (χ4v) is 5.35. The zero-order valence-corrected chi connectivity index (χ0v) is 12.5. The predicted molar refractivity (Wildman–Crippen MR) is 72.8 cm³/mol. The maximum Gasteiger partial charge on any atom is 0.312 e. The Balaban J connectivity index is 2.10. The van der Waals surface area contributed by atoms with E-state index in [9.17, 15) is 14.7 Å². The number of carbonyl (C=O) groups excluding carboxylic acids is 2. The van der Waals surface area contributed by atoms with Crippen molar-refractivity contribution >= 4 is 12.3 Å². The second-order valence-corrected chi connectivity index (χ2v) is 7.58. The lowest BCUT2D eigenvalue weighted by Gasteiger charge is -2.61. The van der Waals surface area contributed by atoms with E-state index in [1.54, 1.807) is 0 Å². The fourth-order valence-electron chi connectivity index (χ4n) is 5.35. The summed E-state index contributed by atoms with van der Waals surface area (Å²) in [5, 5.41) is 10.3. The number of aldehydes is 1. The number of esters is 1. The quantitative estimate of drug-likeness (QED) is 0.589. The molecule has 2 saturated carbocycles. The van der Waals surface area contributed by atoms with Crippen LogP contribution < -0.4 is 0 Å². The molecule has 4 heteroatoms. The van der Waals surface area contributed by atoms with Crippen LogP contribution in [0.4, 0.5) is 0 Å². The Morgan fingerprint density at radius 3 is 2.60 bits per heavy atom. The van der Waals surface area contributed by atoms with Crippen molar-refractivity contribution in [1.82, 2.24) is 0 Å². The summed E-state index contributed by atoms with van der Waals surface area (Å²) in [6, 6.07) is 0. The van der Waals surface area contributed by atoms with Crippen LogP contribution in [0.25, 0.3) is 0 Å². The average Bonchev–Trinajstić information content (AvgIpc) is 2.73. The van der Waals surface area contributed by atoms with Gasteiger partial charge in [-0.1, -0.05) is 13.8 Å². The second-order valence-electron chi connectivity index (χ2n) is 7.58. The molecule has 3 rings (SSSR count). The standard InChI is InChI=1S/C16H24O4/c1-14(9-17)11-5-4-10-8-20-13(19)16(10,3)15(11,2)7-6-12(14)18/h9-12,18H,4-8H2,1-3H3/t10-,11-,12-,14-,15-,16+/m0/s1. The molecule has 112 valence electrons. The summed E-state index contributed by atoms with van der Waals surface area (Å²) in [5.74, 6) is 0.185. The summed E-state index contributed by atoms with van der Waals surface area (Å²) in [6.45, 7) is 6.51. The zero-order chi connectivity index (χ0) is 14.8. The number of fused-ring (bicyclic) bond motifs is 3. The molecule has 1 N–H and O–H groups in total. The van der Waals surface area contributed by atoms with E-state index in [1.165, 1.54) is 0 Å². The van der Waals surface area contributed by atoms with E-state index in [-0.39, 0.29) is 23.2 Å². The molecule has 6 atom stereocenters. The Bertz CT molecular complexity index is 461. The van der Waals surface area contributed by atoms with Crippen molar-refractivity contribution in [2.24, 2.45) is 28.1 Å². The minimum Gasteiger partial charge on any atom is -0.465 e. The highest BCUT2D eigenvalue weighted by molar-refractivity contribution is 5.80. The summed E-state index contributed by atoms with van der Waals surface area (Å²) in [6.07, 6.45) is 3.47. The van der Waals surface area contributed by atoms with Crippen molar-refractivity contribution in [2.75, 3.05) is 6.61 Å². The molecule has 0 bridgehead atoms. The topological polar surface area (TPSA) is 63.6 Å². The molecular weight excluding hydrogens is 256 g/mol. The van der Waals surface area contributed by atoms with Crippen LogP contribution in [0.3, 0.4) is 0 Å². The maximum atomic E-state index is 12.4. The molecule has 2 aliphatic carbocycles. The number of cyclic esters (lactones) is 1. The first-order valence-corrected chi connectivity index (χ1v) is 7.62. The van der Waals surface area contributed by atoms with Gasteiger partial charge in [0.25, 0.3) is 0 Å². The van der Waals surface area contributed by atoms with E-state index in [1.807, 2.05) is 13.8 Å². The molecule has 0 aromatic heterocycles. The molecular formula is C16H24O4. The first kappa shape index (κ1) is 14.1. The molecule has 20 heavy (non-hydrogen) atoms. The minimum absolute atomic E-state index is 0.0446. The maximum absolute atomic E-state index is 12.4. The van der Waals surface area contributed by atoms with Crippen LogP contribution >= 0.6 is 0 Å². The van der Waals surface area contributed by atoms with Crippen LogP contribution in [0.1, 0.15) is 46.5 Å². The van der Waals surface area contributed by atoms with Gasteiger partial charge in [-0.2, -0.15) is 0 Å². The average molecular weight is 280 g/mol. The van der Waals surface area contributed by atoms with Crippen molar-refractivity contribution < 1.29 is 19.4 Å². The Morgan fingerprint density at radius 1 is 1.25 bits per heavy atom. The van der Waals surface area contributed by atoms with Gasteiger partial charge in [0.2, 0.25) is 0 Å². The second kappa shape index (κ2) is 4.06. The van der Waals surface area contributed by atoms with Gasteiger partial charge in [0, 0.05) is 5.92 Å². The van der Waals surface area contributed by atoms with E-state index >= 15 is 0 Å². The van der Waals surface area contributed by atoms with Crippen LogP contribution in [-0.4, -0.2) is 30.1 Å². The highest BCUT2D eigenvalue weighted by Gasteiger charge is 2.69. The molecule has 0 radical (unpaired) electrons. The Kier molecular flexibility index (Phi) is 2.85. The number of ether oxygens (including phenoxy) is 1. The number of hydrogen-bond donors (Lipinski definition) is 1. The lowest BCUT2D eigenvalue weighted by Crippen LogP contribution is -2.62. The number of aliphatic hydroxyl groups excluding tert-OH is 1. The van der Waals surface area contributed by atoms with E-state index in [2.05, 4.69) is 6.92 Å². The molecule has 4 nitrogen and oxygen atoms in total. The Labute approximate surface area is 119 Å². The van der Waals surface area contributed by atoms with Crippen molar-refractivity contribution in [3.63, 3.8) is 0 Å². The number of rotatable bonds is 1. The SMILES string of the molecule is C[C@@]1(C=O)[C@@H](O)CC[C@@]2(C)[C@H]1CC[C@H]1COC(=O)[C@@]12C. The summed E-state index contributed by atoms with van der Waals surface area (Å²) in [4.78, 5) is 24.1. The third-order valence-electron chi connectivity index (χ3n) is 7.08. The van der Waals surface area contributed by atoms with Gasteiger partial charge < -0.3 is 14.6 Å². The smallest absolute Gasteiger partial charge is 0.312 e. The van der Waals surface area contributed by atoms with E-state index < -0.39 is 16.9 Å². The molecule has 0 aromatic carbocycles. The molecule has 0 unspecified atom stereocenters. The van der Waals surface area contributed by atoms with Crippen LogP contribution in [0, 0.1) is 28.1 Å². The molecule has 0 amide bonds. The molecule has 3 fully saturated rings. The zero-order valence-electron chi connectivity index (χ0n) is 12.5. The summed E-state index contributed by atoms with van der Waals surface area (Å²) in [5.41, 5.74) is -1.53. The van der Waals surface area contributed by atoms with Crippen molar-refractivity contribution in [3.05, 3.63) is 0 Å². The molecule has 0 aromatic rings. The summed E-state index contributed by atoms with van der Waals surface area (Å²) < 4.78 is 5.36. The van der Waals surface area contributed by atoms with Gasteiger partial charge in [0.15, 0.2) is 0 Å². The van der Waals surface area contributed by atoms with Gasteiger partial charge in [0.05, 0.1) is 23.5 Å². The van der Waals surface area contributed by atoms with Crippen molar-refractivity contribution in [3.8, 4) is 0 Å². The summed E-state index contributed by atoms with van der Waals surface area (Å²) >= 11 is 0. The van der Waals surface area contributed by atoms with E-state index in [4.69, 9.17) is 4.74 Å². The molecule has 0 spiro atoms. The molecule has 1 aliphatic heterocycles. The van der Waals surface area contributed by atoms with Gasteiger partial charge in [-0.15, -0.1) is 0 Å². The number of hydrogen-bond acceptors (Lipinski definition) is 4. The van der Waals surface area contributed by atoms with E-state index in [0.717, 1.165) is 25.5 Å². The Morgan fingerprint density at radius 2 is 1.95 bits per heavy atom. The Hall–Kier alpha value is -0.900. The highest BCUT2D eigenvalue weighted by Crippen LogP contribution is 2.67. The van der Waals surface area contributed by atoms with Crippen LogP contribution in [0.2, 0.25) is 0 Å². The predicted octanol–water partition coefficient (Wildman–Crippen LogP) is 1.94. The lowest BCUT2D eigenvalue weighted by molar-refractivity contribution is -0.190. The number of aliphatic hydroxyl groups is 1. The molecule has 3 aliphatic rings. The highest BCUT2D eigenvalue weighted by atomic mass is 16.5. The first-order valence-electron chi connectivity index (χ1n) is 7.62. The van der Waals surface area contributed by atoms with Gasteiger partial charge in [-0.05, 0) is 43.9 Å². The van der Waals surface area contributed by atoms with Crippen LogP contribution in [-0.2, 0) is 14.3 Å². The monoisotopic (exact) mass is 280 g/mol. The fraction of sp³-hybridized carbons (Fsp3) is 0.875. The van der Waals surface area contributed by atoms with Crippen molar-refractivity contribution in [2.45, 2.75) is 52.6 Å². The third-order valence-corrected chi connectivity index (χ3v) is 7.08. The third kappa shape index (κ3) is 1.36. The van der Waals surface area contributed by atoms with Gasteiger partial charge >= 0.3 is 5.97 Å². The molecule has 1 saturated heterocycles. The lowest BCUT2D eigenvalue weighted by atomic mass is 9.41. The van der Waals surface area contributed by atoms with Crippen molar-refractivity contribution in [1.29, 1.82) is 0 Å². The van der Waals surface area contributed by atoms with Gasteiger partial charge in [-0.3, -0.25) is 4.79 Å². The molecule has 1 heterocycles. The largest absolute Gasteiger partial charge is 0.465 e. The van der Waals surface area contributed by atoms with Crippen LogP contribution in [0.5, 0.6) is 0 Å². The number of carbonyl (C=O) groups is 2. The van der Waals surface area contributed by atoms with Gasteiger partial charge in [0.1, 0.15) is 6.29 Å². The van der Waals surface area contributed by atoms with Gasteiger partial charge in [-0.25, -0.2) is 0 Å². The van der Waals surface area contributed by atoms with Crippen LogP contribution in [0.15, 0.2) is 0 Å². The minimum atomic E-state index is -0.746. The van der Waals surface area contributed by atoms with E-state index in [0.29, 0.717) is 13.0 Å².